The predicted molar refractivity (Wildman–Crippen MR) is 86.5 cm³/mol. The van der Waals surface area contributed by atoms with Crippen molar-refractivity contribution in [2.45, 2.75) is 78.0 Å². The summed E-state index contributed by atoms with van der Waals surface area (Å²) in [6.45, 7) is 10.7. The summed E-state index contributed by atoms with van der Waals surface area (Å²) in [5.74, 6) is -1.36. The first-order chi connectivity index (χ1) is 10.3. The quantitative estimate of drug-likeness (QED) is 0.681. The van der Waals surface area contributed by atoms with Crippen molar-refractivity contribution in [2.75, 3.05) is 6.54 Å². The maximum absolute atomic E-state index is 12.2. The molecule has 0 aromatic heterocycles. The maximum Gasteiger partial charge on any atom is 0.329 e. The SMILES string of the molecule is CC(C)(C)OC(=O)CCC(NC(=O)CCN)C(=O)OC(C)(C)C. The molecule has 0 aliphatic carbocycles. The Morgan fingerprint density at radius 3 is 1.91 bits per heavy atom. The second kappa shape index (κ2) is 8.86. The van der Waals surface area contributed by atoms with Crippen LogP contribution in [0.25, 0.3) is 0 Å². The summed E-state index contributed by atoms with van der Waals surface area (Å²) in [6, 6.07) is -0.902. The number of hydrogen-bond donors (Lipinski definition) is 2. The smallest absolute Gasteiger partial charge is 0.329 e. The van der Waals surface area contributed by atoms with E-state index in [1.807, 2.05) is 0 Å². The highest BCUT2D eigenvalue weighted by atomic mass is 16.6. The lowest BCUT2D eigenvalue weighted by Gasteiger charge is -2.25. The predicted octanol–water partition coefficient (Wildman–Crippen LogP) is 1.28. The Labute approximate surface area is 138 Å². The second-order valence-corrected chi connectivity index (χ2v) is 7.32. The van der Waals surface area contributed by atoms with Crippen molar-refractivity contribution >= 4 is 17.8 Å². The molecule has 0 fully saturated rings. The summed E-state index contributed by atoms with van der Waals surface area (Å²) >= 11 is 0. The van der Waals surface area contributed by atoms with Crippen LogP contribution in [0.2, 0.25) is 0 Å². The number of amides is 1. The molecule has 1 amide bonds. The summed E-state index contributed by atoms with van der Waals surface area (Å²) in [6.07, 6.45) is 0.218. The van der Waals surface area contributed by atoms with Crippen molar-refractivity contribution in [3.63, 3.8) is 0 Å². The van der Waals surface area contributed by atoms with Crippen LogP contribution < -0.4 is 11.1 Å². The Bertz CT molecular complexity index is 421. The third-order valence-corrected chi connectivity index (χ3v) is 2.46. The third-order valence-electron chi connectivity index (χ3n) is 2.46. The van der Waals surface area contributed by atoms with Crippen molar-refractivity contribution in [1.29, 1.82) is 0 Å². The second-order valence-electron chi connectivity index (χ2n) is 7.32. The van der Waals surface area contributed by atoms with Gasteiger partial charge in [0.2, 0.25) is 5.91 Å². The Kier molecular flexibility index (Phi) is 8.23. The molecule has 7 nitrogen and oxygen atoms in total. The number of esters is 2. The molecule has 0 aromatic rings. The lowest BCUT2D eigenvalue weighted by molar-refractivity contribution is -0.160. The Morgan fingerprint density at radius 1 is 0.957 bits per heavy atom. The molecule has 7 heteroatoms. The van der Waals surface area contributed by atoms with Gasteiger partial charge in [-0.15, -0.1) is 0 Å². The zero-order chi connectivity index (χ0) is 18.3. The molecule has 0 heterocycles. The number of ether oxygens (including phenoxy) is 2. The van der Waals surface area contributed by atoms with E-state index in [9.17, 15) is 14.4 Å². The van der Waals surface area contributed by atoms with Gasteiger partial charge in [-0.05, 0) is 48.0 Å². The van der Waals surface area contributed by atoms with Gasteiger partial charge in [-0.3, -0.25) is 9.59 Å². The molecule has 0 saturated carbocycles. The van der Waals surface area contributed by atoms with Crippen LogP contribution in [0, 0.1) is 0 Å². The fourth-order valence-corrected chi connectivity index (χ4v) is 1.67. The summed E-state index contributed by atoms with van der Waals surface area (Å²) in [4.78, 5) is 35.6. The number of rotatable bonds is 7. The van der Waals surface area contributed by atoms with E-state index in [0.29, 0.717) is 0 Å². The topological polar surface area (TPSA) is 108 Å². The van der Waals surface area contributed by atoms with Gasteiger partial charge in [0.05, 0.1) is 0 Å². The van der Waals surface area contributed by atoms with E-state index in [-0.39, 0.29) is 31.7 Å². The lowest BCUT2D eigenvalue weighted by atomic mass is 10.1. The highest BCUT2D eigenvalue weighted by molar-refractivity contribution is 5.85. The zero-order valence-corrected chi connectivity index (χ0v) is 15.0. The van der Waals surface area contributed by atoms with Crippen LogP contribution in [-0.2, 0) is 23.9 Å². The summed E-state index contributed by atoms with van der Waals surface area (Å²) < 4.78 is 10.5. The van der Waals surface area contributed by atoms with E-state index in [4.69, 9.17) is 15.2 Å². The van der Waals surface area contributed by atoms with Gasteiger partial charge in [0.1, 0.15) is 17.2 Å². The number of carbonyl (C=O) groups is 3. The van der Waals surface area contributed by atoms with E-state index in [2.05, 4.69) is 5.32 Å². The van der Waals surface area contributed by atoms with Crippen molar-refractivity contribution in [3.8, 4) is 0 Å². The number of hydrogen-bond acceptors (Lipinski definition) is 6. The number of carbonyl (C=O) groups excluding carboxylic acids is 3. The molecular weight excluding hydrogens is 300 g/mol. The maximum atomic E-state index is 12.2. The normalized spacial score (nSPS) is 13.2. The van der Waals surface area contributed by atoms with Crippen LogP contribution in [0.4, 0.5) is 0 Å². The van der Waals surface area contributed by atoms with Crippen LogP contribution in [0.5, 0.6) is 0 Å². The van der Waals surface area contributed by atoms with Crippen molar-refractivity contribution in [2.24, 2.45) is 5.73 Å². The Hall–Kier alpha value is -1.63. The molecule has 3 N–H and O–H groups in total. The molecule has 0 bridgehead atoms. The Morgan fingerprint density at radius 2 is 1.48 bits per heavy atom. The molecule has 0 rings (SSSR count). The van der Waals surface area contributed by atoms with Gasteiger partial charge < -0.3 is 20.5 Å². The summed E-state index contributed by atoms with van der Waals surface area (Å²) in [7, 11) is 0. The monoisotopic (exact) mass is 330 g/mol. The summed E-state index contributed by atoms with van der Waals surface area (Å²) in [5, 5.41) is 2.56. The molecular formula is C16H30N2O5. The van der Waals surface area contributed by atoms with E-state index in [1.54, 1.807) is 41.5 Å². The Balaban J connectivity index is 4.75. The average Bonchev–Trinajstić information content (AvgIpc) is 2.30. The highest BCUT2D eigenvalue weighted by Gasteiger charge is 2.28. The molecule has 0 radical (unpaired) electrons. The molecule has 1 unspecified atom stereocenters. The molecule has 134 valence electrons. The van der Waals surface area contributed by atoms with Crippen LogP contribution in [-0.4, -0.2) is 41.6 Å². The summed E-state index contributed by atoms with van der Waals surface area (Å²) in [5.41, 5.74) is 4.05. The van der Waals surface area contributed by atoms with Crippen LogP contribution in [0.15, 0.2) is 0 Å². The standard InChI is InChI=1S/C16H30N2O5/c1-15(2,3)22-13(20)8-7-11(18-12(19)9-10-17)14(21)23-16(4,5)6/h11H,7-10,17H2,1-6H3,(H,18,19). The molecule has 0 aromatic carbocycles. The fraction of sp³-hybridized carbons (Fsp3) is 0.812. The minimum absolute atomic E-state index is 0.00405. The van der Waals surface area contributed by atoms with Crippen LogP contribution in [0.3, 0.4) is 0 Å². The first-order valence-electron chi connectivity index (χ1n) is 7.78. The average molecular weight is 330 g/mol. The van der Waals surface area contributed by atoms with E-state index >= 15 is 0 Å². The minimum Gasteiger partial charge on any atom is -0.460 e. The van der Waals surface area contributed by atoms with Gasteiger partial charge in [0, 0.05) is 19.4 Å². The number of nitrogens with two attached hydrogens (primary N) is 1. The molecule has 0 aliphatic heterocycles. The van der Waals surface area contributed by atoms with Crippen molar-refractivity contribution in [1.82, 2.24) is 5.32 Å². The van der Waals surface area contributed by atoms with Gasteiger partial charge in [0.15, 0.2) is 0 Å². The zero-order valence-electron chi connectivity index (χ0n) is 15.0. The van der Waals surface area contributed by atoms with Crippen molar-refractivity contribution in [3.05, 3.63) is 0 Å². The van der Waals surface area contributed by atoms with Gasteiger partial charge in [-0.2, -0.15) is 0 Å². The van der Waals surface area contributed by atoms with Crippen molar-refractivity contribution < 1.29 is 23.9 Å². The largest absolute Gasteiger partial charge is 0.460 e. The van der Waals surface area contributed by atoms with E-state index in [1.165, 1.54) is 0 Å². The minimum atomic E-state index is -0.902. The first kappa shape index (κ1) is 21.4. The van der Waals surface area contributed by atoms with Gasteiger partial charge >= 0.3 is 11.9 Å². The molecule has 1 atom stereocenters. The van der Waals surface area contributed by atoms with E-state index < -0.39 is 29.2 Å². The van der Waals surface area contributed by atoms with Gasteiger partial charge in [-0.1, -0.05) is 0 Å². The third kappa shape index (κ3) is 11.6. The van der Waals surface area contributed by atoms with Crippen LogP contribution >= 0.6 is 0 Å². The highest BCUT2D eigenvalue weighted by Crippen LogP contribution is 2.13. The van der Waals surface area contributed by atoms with E-state index in [0.717, 1.165) is 0 Å². The lowest BCUT2D eigenvalue weighted by Crippen LogP contribution is -2.45. The van der Waals surface area contributed by atoms with Gasteiger partial charge in [-0.25, -0.2) is 4.79 Å². The van der Waals surface area contributed by atoms with Gasteiger partial charge in [0.25, 0.3) is 0 Å². The molecule has 0 spiro atoms. The molecule has 0 aliphatic rings. The number of nitrogens with one attached hydrogen (secondary N) is 1. The fourth-order valence-electron chi connectivity index (χ4n) is 1.67. The molecule has 0 saturated heterocycles. The first-order valence-corrected chi connectivity index (χ1v) is 7.78. The molecule has 23 heavy (non-hydrogen) atoms. The van der Waals surface area contributed by atoms with Crippen LogP contribution in [0.1, 0.15) is 60.8 Å².